The minimum Gasteiger partial charge on any atom is -0.496 e. The standard InChI is InChI=1S/C16H25N3O5/c1-9(2)14(19-16(17)21)15(20)18-8-10-6-12(23-4)13(24-5)7-11(10)22-3/h6-7,9,14H,8H2,1-5H3,(H,18,20)(H3,17,19,21)/t14-/m0/s1. The molecule has 134 valence electrons. The minimum absolute atomic E-state index is 0.107. The number of methoxy groups -OCH3 is 3. The predicted octanol–water partition coefficient (Wildman–Crippen LogP) is 1.02. The number of hydrogen-bond donors (Lipinski definition) is 3. The quantitative estimate of drug-likeness (QED) is 0.655. The molecule has 1 aromatic rings. The summed E-state index contributed by atoms with van der Waals surface area (Å²) in [4.78, 5) is 23.3. The molecule has 0 saturated carbocycles. The summed E-state index contributed by atoms with van der Waals surface area (Å²) >= 11 is 0. The van der Waals surface area contributed by atoms with Crippen molar-refractivity contribution in [1.29, 1.82) is 0 Å². The number of ether oxygens (including phenoxy) is 3. The first kappa shape index (κ1) is 19.4. The largest absolute Gasteiger partial charge is 0.496 e. The third kappa shape index (κ3) is 4.94. The number of rotatable bonds is 8. The lowest BCUT2D eigenvalue weighted by molar-refractivity contribution is -0.124. The van der Waals surface area contributed by atoms with E-state index < -0.39 is 12.1 Å². The summed E-state index contributed by atoms with van der Waals surface area (Å²) in [5, 5.41) is 5.20. The molecule has 1 aromatic carbocycles. The van der Waals surface area contributed by atoms with E-state index >= 15 is 0 Å². The van der Waals surface area contributed by atoms with E-state index in [9.17, 15) is 9.59 Å². The lowest BCUT2D eigenvalue weighted by Crippen LogP contribution is -2.51. The van der Waals surface area contributed by atoms with E-state index in [0.29, 0.717) is 22.8 Å². The van der Waals surface area contributed by atoms with Crippen LogP contribution in [0.15, 0.2) is 12.1 Å². The second-order valence-corrected chi connectivity index (χ2v) is 5.47. The summed E-state index contributed by atoms with van der Waals surface area (Å²) in [6, 6.07) is 1.95. The molecule has 0 aliphatic carbocycles. The summed E-state index contributed by atoms with van der Waals surface area (Å²) in [7, 11) is 4.58. The molecule has 0 heterocycles. The molecule has 0 spiro atoms. The van der Waals surface area contributed by atoms with Gasteiger partial charge in [-0.05, 0) is 12.0 Å². The molecular weight excluding hydrogens is 314 g/mol. The highest BCUT2D eigenvalue weighted by molar-refractivity contribution is 5.86. The average molecular weight is 339 g/mol. The van der Waals surface area contributed by atoms with Gasteiger partial charge in [0, 0.05) is 18.2 Å². The number of primary amides is 1. The topological polar surface area (TPSA) is 112 Å². The lowest BCUT2D eigenvalue weighted by Gasteiger charge is -2.21. The maximum absolute atomic E-state index is 12.3. The Morgan fingerprint density at radius 3 is 2.04 bits per heavy atom. The SMILES string of the molecule is COc1cc(OC)c(OC)cc1CNC(=O)[C@@H](NC(N)=O)C(C)C. The second-order valence-electron chi connectivity index (χ2n) is 5.47. The first-order valence-corrected chi connectivity index (χ1v) is 7.46. The monoisotopic (exact) mass is 339 g/mol. The highest BCUT2D eigenvalue weighted by atomic mass is 16.5. The van der Waals surface area contributed by atoms with E-state index in [2.05, 4.69) is 10.6 Å². The molecule has 1 rings (SSSR count). The lowest BCUT2D eigenvalue weighted by atomic mass is 10.0. The van der Waals surface area contributed by atoms with Crippen LogP contribution in [-0.4, -0.2) is 39.3 Å². The Bertz CT molecular complexity index is 589. The maximum atomic E-state index is 12.3. The molecule has 0 fully saturated rings. The number of hydrogen-bond acceptors (Lipinski definition) is 5. The van der Waals surface area contributed by atoms with Crippen molar-refractivity contribution in [3.05, 3.63) is 17.7 Å². The van der Waals surface area contributed by atoms with Gasteiger partial charge in [0.1, 0.15) is 11.8 Å². The van der Waals surface area contributed by atoms with Crippen LogP contribution >= 0.6 is 0 Å². The third-order valence-electron chi connectivity index (χ3n) is 3.49. The molecule has 0 unspecified atom stereocenters. The molecule has 1 atom stereocenters. The number of nitrogens with two attached hydrogens (primary N) is 1. The predicted molar refractivity (Wildman–Crippen MR) is 89.3 cm³/mol. The Labute approximate surface area is 141 Å². The van der Waals surface area contributed by atoms with Crippen LogP contribution in [0.2, 0.25) is 0 Å². The van der Waals surface area contributed by atoms with Crippen molar-refractivity contribution in [2.75, 3.05) is 21.3 Å². The summed E-state index contributed by atoms with van der Waals surface area (Å²) in [5.74, 6) is 1.17. The van der Waals surface area contributed by atoms with Gasteiger partial charge in [-0.2, -0.15) is 0 Å². The van der Waals surface area contributed by atoms with Crippen molar-refractivity contribution < 1.29 is 23.8 Å². The van der Waals surface area contributed by atoms with Crippen molar-refractivity contribution in [1.82, 2.24) is 10.6 Å². The third-order valence-corrected chi connectivity index (χ3v) is 3.49. The molecule has 0 aliphatic heterocycles. The van der Waals surface area contributed by atoms with Crippen molar-refractivity contribution in [3.63, 3.8) is 0 Å². The normalized spacial score (nSPS) is 11.6. The van der Waals surface area contributed by atoms with Crippen LogP contribution < -0.4 is 30.6 Å². The first-order valence-electron chi connectivity index (χ1n) is 7.46. The fourth-order valence-corrected chi connectivity index (χ4v) is 2.21. The highest BCUT2D eigenvalue weighted by Crippen LogP contribution is 2.34. The van der Waals surface area contributed by atoms with Gasteiger partial charge in [-0.3, -0.25) is 4.79 Å². The molecule has 0 aromatic heterocycles. The zero-order valence-corrected chi connectivity index (χ0v) is 14.6. The Morgan fingerprint density at radius 1 is 1.04 bits per heavy atom. The van der Waals surface area contributed by atoms with Gasteiger partial charge in [0.15, 0.2) is 11.5 Å². The Balaban J connectivity index is 2.92. The summed E-state index contributed by atoms with van der Waals surface area (Å²) in [5.41, 5.74) is 5.82. The fraction of sp³-hybridized carbons (Fsp3) is 0.500. The molecule has 24 heavy (non-hydrogen) atoms. The Hall–Kier alpha value is -2.64. The van der Waals surface area contributed by atoms with Crippen LogP contribution in [0.1, 0.15) is 19.4 Å². The molecule has 0 radical (unpaired) electrons. The van der Waals surface area contributed by atoms with Crippen LogP contribution in [-0.2, 0) is 11.3 Å². The van der Waals surface area contributed by atoms with E-state index in [-0.39, 0.29) is 18.4 Å². The van der Waals surface area contributed by atoms with Crippen molar-refractivity contribution in [3.8, 4) is 17.2 Å². The summed E-state index contributed by atoms with van der Waals surface area (Å²) in [6.07, 6.45) is 0. The number of carbonyl (C=O) groups is 2. The van der Waals surface area contributed by atoms with Gasteiger partial charge in [0.2, 0.25) is 5.91 Å². The van der Waals surface area contributed by atoms with Gasteiger partial charge < -0.3 is 30.6 Å². The Kier molecular flexibility index (Phi) is 7.16. The molecule has 4 N–H and O–H groups in total. The van der Waals surface area contributed by atoms with Gasteiger partial charge in [-0.25, -0.2) is 4.79 Å². The molecule has 8 nitrogen and oxygen atoms in total. The van der Waals surface area contributed by atoms with E-state index in [1.165, 1.54) is 21.3 Å². The van der Waals surface area contributed by atoms with Crippen LogP contribution in [0.25, 0.3) is 0 Å². The van der Waals surface area contributed by atoms with Gasteiger partial charge in [0.05, 0.1) is 21.3 Å². The van der Waals surface area contributed by atoms with Crippen LogP contribution in [0.4, 0.5) is 4.79 Å². The highest BCUT2D eigenvalue weighted by Gasteiger charge is 2.23. The maximum Gasteiger partial charge on any atom is 0.312 e. The Morgan fingerprint density at radius 2 is 1.58 bits per heavy atom. The van der Waals surface area contributed by atoms with E-state index in [1.807, 2.05) is 13.8 Å². The first-order chi connectivity index (χ1) is 11.3. The van der Waals surface area contributed by atoms with Crippen LogP contribution in [0.3, 0.4) is 0 Å². The zero-order chi connectivity index (χ0) is 18.3. The van der Waals surface area contributed by atoms with Crippen LogP contribution in [0, 0.1) is 5.92 Å². The number of benzene rings is 1. The fourth-order valence-electron chi connectivity index (χ4n) is 2.21. The van der Waals surface area contributed by atoms with Gasteiger partial charge >= 0.3 is 6.03 Å². The van der Waals surface area contributed by atoms with Crippen LogP contribution in [0.5, 0.6) is 17.2 Å². The number of urea groups is 1. The molecule has 0 aliphatic rings. The molecular formula is C16H25N3O5. The van der Waals surface area contributed by atoms with Crippen molar-refractivity contribution in [2.24, 2.45) is 11.7 Å². The smallest absolute Gasteiger partial charge is 0.312 e. The van der Waals surface area contributed by atoms with Crippen molar-refractivity contribution >= 4 is 11.9 Å². The summed E-state index contributed by atoms with van der Waals surface area (Å²) in [6.45, 7) is 3.83. The number of amides is 3. The van der Waals surface area contributed by atoms with Gasteiger partial charge in [-0.15, -0.1) is 0 Å². The van der Waals surface area contributed by atoms with Gasteiger partial charge in [-0.1, -0.05) is 13.8 Å². The molecule has 0 saturated heterocycles. The van der Waals surface area contributed by atoms with Crippen molar-refractivity contribution in [2.45, 2.75) is 26.4 Å². The van der Waals surface area contributed by atoms with Gasteiger partial charge in [0.25, 0.3) is 0 Å². The average Bonchev–Trinajstić information content (AvgIpc) is 2.56. The van der Waals surface area contributed by atoms with E-state index in [1.54, 1.807) is 12.1 Å². The molecule has 3 amide bonds. The zero-order valence-electron chi connectivity index (χ0n) is 14.6. The minimum atomic E-state index is -0.743. The van der Waals surface area contributed by atoms with E-state index in [0.717, 1.165) is 0 Å². The number of nitrogens with one attached hydrogen (secondary N) is 2. The summed E-state index contributed by atoms with van der Waals surface area (Å²) < 4.78 is 15.8. The molecule has 8 heteroatoms. The van der Waals surface area contributed by atoms with E-state index in [4.69, 9.17) is 19.9 Å². The second kappa shape index (κ2) is 8.85. The number of carbonyl (C=O) groups excluding carboxylic acids is 2. The molecule has 0 bridgehead atoms.